The van der Waals surface area contributed by atoms with Gasteiger partial charge in [-0.1, -0.05) is 32.0 Å². The first-order chi connectivity index (χ1) is 12.2. The summed E-state index contributed by atoms with van der Waals surface area (Å²) in [5.74, 6) is -1.24. The number of amides is 1. The Morgan fingerprint density at radius 3 is 2.54 bits per heavy atom. The van der Waals surface area contributed by atoms with Crippen molar-refractivity contribution in [3.63, 3.8) is 0 Å². The van der Waals surface area contributed by atoms with Crippen molar-refractivity contribution in [1.82, 2.24) is 0 Å². The van der Waals surface area contributed by atoms with Crippen LogP contribution in [0, 0.1) is 22.9 Å². The summed E-state index contributed by atoms with van der Waals surface area (Å²) < 4.78 is 18.8. The van der Waals surface area contributed by atoms with Gasteiger partial charge in [-0.25, -0.2) is 4.39 Å². The molecule has 6 nitrogen and oxygen atoms in total. The summed E-state index contributed by atoms with van der Waals surface area (Å²) in [7, 11) is 0. The molecular weight excluding hydrogens is 339 g/mol. The number of ether oxygens (including phenoxy) is 1. The van der Waals surface area contributed by atoms with Crippen LogP contribution in [0.25, 0.3) is 0 Å². The Hall–Kier alpha value is -2.96. The van der Waals surface area contributed by atoms with Crippen LogP contribution >= 0.6 is 0 Å². The van der Waals surface area contributed by atoms with Gasteiger partial charge < -0.3 is 10.1 Å². The molecule has 0 aliphatic carbocycles. The number of aryl methyl sites for hydroxylation is 1. The van der Waals surface area contributed by atoms with Crippen LogP contribution in [0.2, 0.25) is 0 Å². The van der Waals surface area contributed by atoms with E-state index in [4.69, 9.17) is 4.74 Å². The van der Waals surface area contributed by atoms with E-state index < -0.39 is 28.4 Å². The number of hydrogen-bond donors (Lipinski definition) is 1. The molecule has 0 radical (unpaired) electrons. The highest BCUT2D eigenvalue weighted by Gasteiger charge is 2.23. The van der Waals surface area contributed by atoms with Gasteiger partial charge in [-0.2, -0.15) is 0 Å². The van der Waals surface area contributed by atoms with Crippen molar-refractivity contribution in [2.24, 2.45) is 0 Å². The lowest BCUT2D eigenvalue weighted by atomic mass is 9.98. The molecular formula is C19H21FN2O4. The number of nitro benzene ring substituents is 1. The molecule has 138 valence electrons. The number of anilines is 1. The summed E-state index contributed by atoms with van der Waals surface area (Å²) in [6.45, 7) is 7.36. The van der Waals surface area contributed by atoms with Crippen molar-refractivity contribution < 1.29 is 18.8 Å². The molecule has 0 aliphatic rings. The summed E-state index contributed by atoms with van der Waals surface area (Å²) >= 11 is 0. The second-order valence-electron chi connectivity index (χ2n) is 6.31. The number of carbonyl (C=O) groups excluding carboxylic acids is 1. The molecule has 1 amide bonds. The van der Waals surface area contributed by atoms with Crippen molar-refractivity contribution in [2.45, 2.75) is 39.7 Å². The molecule has 0 saturated heterocycles. The van der Waals surface area contributed by atoms with Gasteiger partial charge >= 0.3 is 5.69 Å². The molecule has 1 N–H and O–H groups in total. The van der Waals surface area contributed by atoms with Crippen molar-refractivity contribution in [2.75, 3.05) is 5.32 Å². The number of nitrogens with one attached hydrogen (secondary N) is 1. The highest BCUT2D eigenvalue weighted by molar-refractivity contribution is 5.95. The van der Waals surface area contributed by atoms with E-state index in [1.807, 2.05) is 39.0 Å². The standard InChI is InChI=1S/C19H21FN2O4/c1-11(2)15-7-5-6-12(3)18(15)21-19(23)13(4)26-17-10-14(20)8-9-16(17)22(24)25/h5-11,13H,1-4H3,(H,21,23)/t13-/m0/s1. The largest absolute Gasteiger partial charge is 0.474 e. The minimum absolute atomic E-state index is 0.200. The molecule has 0 aliphatic heterocycles. The molecule has 0 aromatic heterocycles. The molecule has 0 spiro atoms. The highest BCUT2D eigenvalue weighted by Crippen LogP contribution is 2.30. The predicted octanol–water partition coefficient (Wildman–Crippen LogP) is 4.57. The maximum atomic E-state index is 13.4. The zero-order valence-corrected chi connectivity index (χ0v) is 15.1. The van der Waals surface area contributed by atoms with Gasteiger partial charge in [-0.15, -0.1) is 0 Å². The van der Waals surface area contributed by atoms with E-state index in [-0.39, 0.29) is 11.7 Å². The van der Waals surface area contributed by atoms with E-state index >= 15 is 0 Å². The van der Waals surface area contributed by atoms with Gasteiger partial charge in [0.1, 0.15) is 5.82 Å². The van der Waals surface area contributed by atoms with Gasteiger partial charge in [0.05, 0.1) is 4.92 Å². The highest BCUT2D eigenvalue weighted by atomic mass is 19.1. The third-order valence-corrected chi connectivity index (χ3v) is 3.97. The van der Waals surface area contributed by atoms with Gasteiger partial charge in [0, 0.05) is 17.8 Å². The predicted molar refractivity (Wildman–Crippen MR) is 97.0 cm³/mol. The Bertz CT molecular complexity index is 836. The summed E-state index contributed by atoms with van der Waals surface area (Å²) in [6, 6.07) is 8.59. The molecule has 7 heteroatoms. The van der Waals surface area contributed by atoms with Gasteiger partial charge in [-0.05, 0) is 37.0 Å². The third kappa shape index (κ3) is 4.36. The Kier molecular flexibility index (Phi) is 5.92. The fourth-order valence-electron chi connectivity index (χ4n) is 2.54. The van der Waals surface area contributed by atoms with Crippen LogP contribution in [-0.4, -0.2) is 16.9 Å². The number of nitro groups is 1. The Morgan fingerprint density at radius 2 is 1.92 bits per heavy atom. The van der Waals surface area contributed by atoms with Crippen molar-refractivity contribution >= 4 is 17.3 Å². The van der Waals surface area contributed by atoms with Crippen LogP contribution in [0.15, 0.2) is 36.4 Å². The average Bonchev–Trinajstić information content (AvgIpc) is 2.56. The first-order valence-corrected chi connectivity index (χ1v) is 8.21. The van der Waals surface area contributed by atoms with Crippen LogP contribution < -0.4 is 10.1 Å². The van der Waals surface area contributed by atoms with Crippen LogP contribution in [0.1, 0.15) is 37.8 Å². The lowest BCUT2D eigenvalue weighted by molar-refractivity contribution is -0.386. The van der Waals surface area contributed by atoms with E-state index in [2.05, 4.69) is 5.32 Å². The Labute approximate surface area is 151 Å². The van der Waals surface area contributed by atoms with E-state index in [9.17, 15) is 19.3 Å². The summed E-state index contributed by atoms with van der Waals surface area (Å²) in [5, 5.41) is 13.9. The van der Waals surface area contributed by atoms with Crippen LogP contribution in [0.5, 0.6) is 5.75 Å². The first-order valence-electron chi connectivity index (χ1n) is 8.21. The Morgan fingerprint density at radius 1 is 1.23 bits per heavy atom. The second kappa shape index (κ2) is 7.95. The number of hydrogen-bond acceptors (Lipinski definition) is 4. The molecule has 2 aromatic carbocycles. The molecule has 0 saturated carbocycles. The number of rotatable bonds is 6. The Balaban J connectivity index is 2.22. The lowest BCUT2D eigenvalue weighted by Gasteiger charge is -2.19. The maximum absolute atomic E-state index is 13.4. The zero-order chi connectivity index (χ0) is 19.4. The van der Waals surface area contributed by atoms with Crippen LogP contribution in [0.3, 0.4) is 0 Å². The molecule has 2 aromatic rings. The first kappa shape index (κ1) is 19.4. The number of nitrogens with zero attached hydrogens (tertiary/aromatic N) is 1. The van der Waals surface area contributed by atoms with E-state index in [1.165, 1.54) is 6.92 Å². The number of benzene rings is 2. The van der Waals surface area contributed by atoms with E-state index in [1.54, 1.807) is 0 Å². The third-order valence-electron chi connectivity index (χ3n) is 3.97. The molecule has 0 heterocycles. The van der Waals surface area contributed by atoms with Gasteiger partial charge in [0.25, 0.3) is 5.91 Å². The van der Waals surface area contributed by atoms with Gasteiger partial charge in [0.15, 0.2) is 6.10 Å². The molecule has 2 rings (SSSR count). The lowest BCUT2D eigenvalue weighted by Crippen LogP contribution is -2.31. The summed E-state index contributed by atoms with van der Waals surface area (Å²) in [6.07, 6.45) is -1.05. The SMILES string of the molecule is Cc1cccc(C(C)C)c1NC(=O)[C@H](C)Oc1cc(F)ccc1[N+](=O)[O-]. The normalized spacial score (nSPS) is 11.9. The molecule has 0 bridgehead atoms. The molecule has 1 atom stereocenters. The van der Waals surface area contributed by atoms with Crippen molar-refractivity contribution in [3.8, 4) is 5.75 Å². The smallest absolute Gasteiger partial charge is 0.311 e. The van der Waals surface area contributed by atoms with Gasteiger partial charge in [0.2, 0.25) is 5.75 Å². The van der Waals surface area contributed by atoms with E-state index in [0.29, 0.717) is 5.69 Å². The number of carbonyl (C=O) groups is 1. The van der Waals surface area contributed by atoms with E-state index in [0.717, 1.165) is 29.3 Å². The molecule has 0 unspecified atom stereocenters. The fraction of sp³-hybridized carbons (Fsp3) is 0.316. The maximum Gasteiger partial charge on any atom is 0.311 e. The summed E-state index contributed by atoms with van der Waals surface area (Å²) in [4.78, 5) is 22.9. The van der Waals surface area contributed by atoms with Crippen molar-refractivity contribution in [3.05, 3.63) is 63.5 Å². The van der Waals surface area contributed by atoms with Crippen LogP contribution in [-0.2, 0) is 4.79 Å². The van der Waals surface area contributed by atoms with Gasteiger partial charge in [-0.3, -0.25) is 14.9 Å². The van der Waals surface area contributed by atoms with Crippen LogP contribution in [0.4, 0.5) is 15.8 Å². The summed E-state index contributed by atoms with van der Waals surface area (Å²) in [5.41, 5.74) is 2.16. The number of para-hydroxylation sites is 1. The minimum atomic E-state index is -1.05. The second-order valence-corrected chi connectivity index (χ2v) is 6.31. The number of halogens is 1. The fourth-order valence-corrected chi connectivity index (χ4v) is 2.54. The molecule has 0 fully saturated rings. The topological polar surface area (TPSA) is 81.5 Å². The zero-order valence-electron chi connectivity index (χ0n) is 15.1. The molecule has 26 heavy (non-hydrogen) atoms. The minimum Gasteiger partial charge on any atom is -0.474 e. The van der Waals surface area contributed by atoms with Crippen molar-refractivity contribution in [1.29, 1.82) is 0 Å². The quantitative estimate of drug-likeness (QED) is 0.604. The average molecular weight is 360 g/mol. The monoisotopic (exact) mass is 360 g/mol.